The number of benzene rings is 1. The van der Waals surface area contributed by atoms with Crippen LogP contribution in [0.3, 0.4) is 0 Å². The number of nitrogens with two attached hydrogens (primary N) is 3. The van der Waals surface area contributed by atoms with Crippen LogP contribution in [0.25, 0.3) is 10.4 Å². The maximum absolute atomic E-state index is 14.0. The first-order valence-electron chi connectivity index (χ1n) is 9.65. The number of anilines is 2. The first kappa shape index (κ1) is 20.3. The molecule has 0 saturated heterocycles. The number of pyridine rings is 1. The van der Waals surface area contributed by atoms with Gasteiger partial charge in [0.2, 0.25) is 0 Å². The molecule has 9 heteroatoms. The fourth-order valence-electron chi connectivity index (χ4n) is 3.49. The van der Waals surface area contributed by atoms with E-state index in [-0.39, 0.29) is 17.5 Å². The van der Waals surface area contributed by atoms with E-state index in [4.69, 9.17) is 17.4 Å². The van der Waals surface area contributed by atoms with Crippen LogP contribution >= 0.6 is 11.3 Å². The smallest absolute Gasteiger partial charge is 0.177 e. The highest BCUT2D eigenvalue weighted by molar-refractivity contribution is 7.15. The van der Waals surface area contributed by atoms with Gasteiger partial charge in [0.1, 0.15) is 11.6 Å². The molecule has 3 heterocycles. The summed E-state index contributed by atoms with van der Waals surface area (Å²) < 4.78 is 14.0. The summed E-state index contributed by atoms with van der Waals surface area (Å²) >= 11 is 1.76. The van der Waals surface area contributed by atoms with E-state index in [1.807, 2.05) is 6.07 Å². The van der Waals surface area contributed by atoms with Crippen molar-refractivity contribution >= 4 is 28.7 Å². The van der Waals surface area contributed by atoms with Gasteiger partial charge in [-0.3, -0.25) is 5.01 Å². The Hall–Kier alpha value is -3.01. The molecule has 4 rings (SSSR count). The third-order valence-corrected chi connectivity index (χ3v) is 6.51. The van der Waals surface area contributed by atoms with Crippen LogP contribution in [0.1, 0.15) is 21.6 Å². The SMILES string of the molecule is Cc1ccc(N(N)/C(=N\N)c2cc(-c3cc4c(s3)CCNCC4)cnc2N)cc1F. The number of halogens is 1. The second kappa shape index (κ2) is 8.39. The molecule has 1 aromatic carbocycles. The topological polar surface area (TPSA) is 119 Å². The van der Waals surface area contributed by atoms with Crippen molar-refractivity contribution in [2.24, 2.45) is 16.8 Å². The van der Waals surface area contributed by atoms with Crippen LogP contribution in [0.2, 0.25) is 0 Å². The molecule has 0 atom stereocenters. The number of aromatic nitrogens is 1. The van der Waals surface area contributed by atoms with E-state index in [0.29, 0.717) is 16.8 Å². The molecule has 0 bridgehead atoms. The zero-order valence-corrected chi connectivity index (χ0v) is 17.5. The first-order chi connectivity index (χ1) is 14.5. The minimum absolute atomic E-state index is 0.201. The van der Waals surface area contributed by atoms with Gasteiger partial charge in [-0.2, -0.15) is 5.10 Å². The van der Waals surface area contributed by atoms with Crippen LogP contribution in [0.5, 0.6) is 0 Å². The summed E-state index contributed by atoms with van der Waals surface area (Å²) in [6.07, 6.45) is 3.76. The summed E-state index contributed by atoms with van der Waals surface area (Å²) in [7, 11) is 0. The van der Waals surface area contributed by atoms with Crippen molar-refractivity contribution in [3.8, 4) is 10.4 Å². The zero-order chi connectivity index (χ0) is 21.3. The van der Waals surface area contributed by atoms with Crippen LogP contribution in [0.4, 0.5) is 15.9 Å². The van der Waals surface area contributed by atoms with Crippen molar-refractivity contribution < 1.29 is 4.39 Å². The zero-order valence-electron chi connectivity index (χ0n) is 16.7. The lowest BCUT2D eigenvalue weighted by atomic mass is 10.1. The largest absolute Gasteiger partial charge is 0.383 e. The number of thiophene rings is 1. The van der Waals surface area contributed by atoms with Gasteiger partial charge in [-0.05, 0) is 68.2 Å². The monoisotopic (exact) mass is 425 g/mol. The van der Waals surface area contributed by atoms with E-state index in [2.05, 4.69) is 21.5 Å². The molecule has 0 unspecified atom stereocenters. The number of hydrogen-bond acceptors (Lipinski definition) is 7. The lowest BCUT2D eigenvalue weighted by Crippen LogP contribution is -2.39. The molecule has 7 nitrogen and oxygen atoms in total. The fraction of sp³-hybridized carbons (Fsp3) is 0.238. The van der Waals surface area contributed by atoms with Gasteiger partial charge in [0.05, 0.1) is 11.3 Å². The number of fused-ring (bicyclic) bond motifs is 1. The predicted molar refractivity (Wildman–Crippen MR) is 121 cm³/mol. The summed E-state index contributed by atoms with van der Waals surface area (Å²) in [5.74, 6) is 12.0. The highest BCUT2D eigenvalue weighted by Gasteiger charge is 2.20. The second-order valence-electron chi connectivity index (χ2n) is 7.22. The van der Waals surface area contributed by atoms with Crippen molar-refractivity contribution in [3.63, 3.8) is 0 Å². The molecule has 3 aromatic rings. The molecular weight excluding hydrogens is 401 g/mol. The van der Waals surface area contributed by atoms with Gasteiger partial charge in [0.25, 0.3) is 0 Å². The van der Waals surface area contributed by atoms with Crippen molar-refractivity contribution in [1.82, 2.24) is 10.3 Å². The summed E-state index contributed by atoms with van der Waals surface area (Å²) in [4.78, 5) is 6.83. The van der Waals surface area contributed by atoms with Crippen molar-refractivity contribution in [1.29, 1.82) is 0 Å². The summed E-state index contributed by atoms with van der Waals surface area (Å²) in [6.45, 7) is 3.65. The van der Waals surface area contributed by atoms with Gasteiger partial charge >= 0.3 is 0 Å². The Bertz CT molecular complexity index is 1090. The standard InChI is InChI=1S/C21H24FN7S/c1-12-2-3-15(10-17(12)22)29(25)21(28-24)16-8-14(11-27-20(16)23)19-9-13-4-6-26-7-5-18(13)30-19/h2-3,8-11,26H,4-7,24-25H2,1H3,(H2,23,27)/b28-21-. The minimum atomic E-state index is -0.367. The number of aryl methyl sites for hydroxylation is 1. The maximum Gasteiger partial charge on any atom is 0.177 e. The van der Waals surface area contributed by atoms with Gasteiger partial charge in [-0.25, -0.2) is 15.2 Å². The molecule has 156 valence electrons. The first-order valence-corrected chi connectivity index (χ1v) is 10.5. The molecule has 1 aliphatic heterocycles. The second-order valence-corrected chi connectivity index (χ2v) is 8.36. The quantitative estimate of drug-likeness (QED) is 0.222. The van der Waals surface area contributed by atoms with Crippen LogP contribution in [-0.4, -0.2) is 23.9 Å². The van der Waals surface area contributed by atoms with Crippen molar-refractivity contribution in [2.45, 2.75) is 19.8 Å². The van der Waals surface area contributed by atoms with Crippen LogP contribution in [0.15, 0.2) is 41.6 Å². The molecule has 0 fully saturated rings. The maximum atomic E-state index is 14.0. The van der Waals surface area contributed by atoms with Crippen LogP contribution < -0.4 is 27.7 Å². The fourth-order valence-corrected chi connectivity index (χ4v) is 4.68. The lowest BCUT2D eigenvalue weighted by molar-refractivity contribution is 0.618. The molecule has 0 amide bonds. The molecular formula is C21H24FN7S. The summed E-state index contributed by atoms with van der Waals surface area (Å²) in [5.41, 5.74) is 9.81. The van der Waals surface area contributed by atoms with Gasteiger partial charge in [0, 0.05) is 21.5 Å². The average Bonchev–Trinajstić information content (AvgIpc) is 3.02. The van der Waals surface area contributed by atoms with E-state index in [1.165, 1.54) is 21.5 Å². The van der Waals surface area contributed by atoms with Gasteiger partial charge < -0.3 is 16.9 Å². The normalized spacial score (nSPS) is 14.3. The highest BCUT2D eigenvalue weighted by atomic mass is 32.1. The Morgan fingerprint density at radius 3 is 2.80 bits per heavy atom. The van der Waals surface area contributed by atoms with E-state index in [0.717, 1.165) is 36.4 Å². The lowest BCUT2D eigenvalue weighted by Gasteiger charge is -2.21. The molecule has 2 aromatic heterocycles. The number of hydrazone groups is 1. The van der Waals surface area contributed by atoms with E-state index >= 15 is 0 Å². The third-order valence-electron chi connectivity index (χ3n) is 5.22. The number of nitrogens with zero attached hydrogens (tertiary/aromatic N) is 3. The van der Waals surface area contributed by atoms with E-state index in [1.54, 1.807) is 36.6 Å². The molecule has 1 aliphatic rings. The number of hydrazine groups is 1. The Kier molecular flexibility index (Phi) is 5.67. The van der Waals surface area contributed by atoms with Crippen molar-refractivity contribution in [2.75, 3.05) is 23.8 Å². The number of hydrogen-bond donors (Lipinski definition) is 4. The van der Waals surface area contributed by atoms with E-state index < -0.39 is 0 Å². The molecule has 0 radical (unpaired) electrons. The van der Waals surface area contributed by atoms with Crippen LogP contribution in [0, 0.1) is 12.7 Å². The van der Waals surface area contributed by atoms with Crippen molar-refractivity contribution in [3.05, 3.63) is 63.9 Å². The Labute approximate surface area is 178 Å². The van der Waals surface area contributed by atoms with Gasteiger partial charge in [-0.1, -0.05) is 6.07 Å². The van der Waals surface area contributed by atoms with E-state index in [9.17, 15) is 4.39 Å². The Balaban J connectivity index is 1.70. The predicted octanol–water partition coefficient (Wildman–Crippen LogP) is 2.53. The van der Waals surface area contributed by atoms with Gasteiger partial charge in [0.15, 0.2) is 5.84 Å². The molecule has 30 heavy (non-hydrogen) atoms. The number of amidine groups is 1. The number of nitrogen functional groups attached to an aromatic ring is 1. The average molecular weight is 426 g/mol. The number of rotatable bonds is 3. The minimum Gasteiger partial charge on any atom is -0.383 e. The summed E-state index contributed by atoms with van der Waals surface area (Å²) in [6, 6.07) is 8.75. The summed E-state index contributed by atoms with van der Waals surface area (Å²) in [5, 5.41) is 8.46. The van der Waals surface area contributed by atoms with Crippen LogP contribution in [-0.2, 0) is 12.8 Å². The van der Waals surface area contributed by atoms with Gasteiger partial charge in [-0.15, -0.1) is 11.3 Å². The Morgan fingerprint density at radius 1 is 1.23 bits per heavy atom. The third kappa shape index (κ3) is 3.87. The Morgan fingerprint density at radius 2 is 2.03 bits per heavy atom. The molecule has 0 aliphatic carbocycles. The number of nitrogens with one attached hydrogen (secondary N) is 1. The highest BCUT2D eigenvalue weighted by Crippen LogP contribution is 2.34. The molecule has 0 spiro atoms. The molecule has 0 saturated carbocycles. The molecule has 7 N–H and O–H groups in total.